The normalized spacial score (nSPS) is 9.88. The SMILES string of the molecule is C=CCOc1ccccc1C[N-]c1nn[nH]n1. The zero-order valence-electron chi connectivity index (χ0n) is 9.21. The maximum absolute atomic E-state index is 5.51. The van der Waals surface area contributed by atoms with Crippen LogP contribution in [0.15, 0.2) is 36.9 Å². The summed E-state index contributed by atoms with van der Waals surface area (Å²) >= 11 is 0. The van der Waals surface area contributed by atoms with Gasteiger partial charge in [0.2, 0.25) is 0 Å². The second-order valence-electron chi connectivity index (χ2n) is 3.24. The van der Waals surface area contributed by atoms with Crippen LogP contribution in [0.2, 0.25) is 0 Å². The number of hydrogen-bond acceptors (Lipinski definition) is 4. The fourth-order valence-corrected chi connectivity index (χ4v) is 1.30. The van der Waals surface area contributed by atoms with Crippen molar-refractivity contribution in [2.24, 2.45) is 0 Å². The molecule has 0 saturated heterocycles. The number of rotatable bonds is 6. The predicted octanol–water partition coefficient (Wildman–Crippen LogP) is 1.97. The van der Waals surface area contributed by atoms with Crippen molar-refractivity contribution >= 4 is 5.95 Å². The third-order valence-corrected chi connectivity index (χ3v) is 2.05. The molecule has 17 heavy (non-hydrogen) atoms. The van der Waals surface area contributed by atoms with Crippen LogP contribution in [-0.4, -0.2) is 27.2 Å². The Kier molecular flexibility index (Phi) is 3.69. The van der Waals surface area contributed by atoms with E-state index in [1.807, 2.05) is 24.3 Å². The molecule has 0 aliphatic heterocycles. The van der Waals surface area contributed by atoms with Gasteiger partial charge in [-0.1, -0.05) is 30.9 Å². The molecule has 1 heterocycles. The molecule has 1 aromatic carbocycles. The van der Waals surface area contributed by atoms with Crippen LogP contribution >= 0.6 is 0 Å². The quantitative estimate of drug-likeness (QED) is 0.769. The molecule has 0 aliphatic carbocycles. The van der Waals surface area contributed by atoms with Crippen molar-refractivity contribution in [3.8, 4) is 5.75 Å². The highest BCUT2D eigenvalue weighted by atomic mass is 16.5. The Bertz CT molecular complexity index is 468. The van der Waals surface area contributed by atoms with E-state index in [9.17, 15) is 0 Å². The summed E-state index contributed by atoms with van der Waals surface area (Å²) in [6, 6.07) is 7.69. The molecule has 0 atom stereocenters. The summed E-state index contributed by atoms with van der Waals surface area (Å²) in [7, 11) is 0. The van der Waals surface area contributed by atoms with Crippen LogP contribution in [-0.2, 0) is 6.54 Å². The standard InChI is InChI=1S/C11H12N5O/c1-2-7-17-10-6-4-3-5-9(10)8-12-11-13-15-16-14-11/h2-6H,1,7-8H2,(H-,12,13,14,15,16)/q-1. The van der Waals surface area contributed by atoms with Crippen LogP contribution in [0.25, 0.3) is 5.32 Å². The molecule has 88 valence electrons. The van der Waals surface area contributed by atoms with Gasteiger partial charge >= 0.3 is 0 Å². The highest BCUT2D eigenvalue weighted by Gasteiger charge is 2.00. The molecule has 0 bridgehead atoms. The molecule has 0 unspecified atom stereocenters. The van der Waals surface area contributed by atoms with Crippen molar-refractivity contribution in [1.82, 2.24) is 20.6 Å². The summed E-state index contributed by atoms with van der Waals surface area (Å²) in [6.45, 7) is 4.53. The number of H-pyrrole nitrogens is 1. The number of hydrogen-bond donors (Lipinski definition) is 1. The summed E-state index contributed by atoms with van der Waals surface area (Å²) in [5, 5.41) is 17.5. The molecule has 2 aromatic rings. The third kappa shape index (κ3) is 3.04. The molecule has 0 saturated carbocycles. The first-order valence-electron chi connectivity index (χ1n) is 5.12. The van der Waals surface area contributed by atoms with Gasteiger partial charge in [0.25, 0.3) is 0 Å². The molecule has 0 radical (unpaired) electrons. The Morgan fingerprint density at radius 3 is 3.06 bits per heavy atom. The van der Waals surface area contributed by atoms with E-state index in [0.717, 1.165) is 11.3 Å². The second kappa shape index (κ2) is 5.64. The van der Waals surface area contributed by atoms with E-state index in [1.54, 1.807) is 6.08 Å². The number of para-hydroxylation sites is 1. The number of ether oxygens (including phenoxy) is 1. The molecular formula is C11H12N5O-. The van der Waals surface area contributed by atoms with Crippen molar-refractivity contribution < 1.29 is 4.74 Å². The van der Waals surface area contributed by atoms with Gasteiger partial charge in [0.05, 0.1) is 5.95 Å². The minimum Gasteiger partial charge on any atom is -0.489 e. The fraction of sp³-hybridized carbons (Fsp3) is 0.182. The maximum atomic E-state index is 5.51. The second-order valence-corrected chi connectivity index (χ2v) is 3.24. The average Bonchev–Trinajstić information content (AvgIpc) is 2.88. The van der Waals surface area contributed by atoms with Gasteiger partial charge in [0.15, 0.2) is 0 Å². The smallest absolute Gasteiger partial charge is 0.123 e. The summed E-state index contributed by atoms with van der Waals surface area (Å²) in [6.07, 6.45) is 1.70. The Morgan fingerprint density at radius 2 is 2.29 bits per heavy atom. The molecule has 0 fully saturated rings. The van der Waals surface area contributed by atoms with Gasteiger partial charge < -0.3 is 10.1 Å². The van der Waals surface area contributed by atoms with Crippen molar-refractivity contribution in [2.45, 2.75) is 6.54 Å². The summed E-state index contributed by atoms with van der Waals surface area (Å²) < 4.78 is 5.51. The van der Waals surface area contributed by atoms with E-state index < -0.39 is 0 Å². The summed E-state index contributed by atoms with van der Waals surface area (Å²) in [4.78, 5) is 0. The van der Waals surface area contributed by atoms with E-state index in [1.165, 1.54) is 0 Å². The first-order valence-corrected chi connectivity index (χ1v) is 5.12. The van der Waals surface area contributed by atoms with E-state index in [-0.39, 0.29) is 0 Å². The summed E-state index contributed by atoms with van der Waals surface area (Å²) in [5.74, 6) is 1.13. The first kappa shape index (κ1) is 11.1. The van der Waals surface area contributed by atoms with Gasteiger partial charge in [-0.15, -0.1) is 5.21 Å². The number of nitrogens with zero attached hydrogens (tertiary/aromatic N) is 4. The zero-order valence-corrected chi connectivity index (χ0v) is 9.21. The third-order valence-electron chi connectivity index (χ3n) is 2.05. The Labute approximate surface area is 98.7 Å². The van der Waals surface area contributed by atoms with Gasteiger partial charge in [-0.3, -0.25) is 15.4 Å². The Morgan fingerprint density at radius 1 is 1.41 bits per heavy atom. The van der Waals surface area contributed by atoms with Crippen molar-refractivity contribution in [3.05, 3.63) is 47.8 Å². The van der Waals surface area contributed by atoms with Gasteiger partial charge in [-0.2, -0.15) is 0 Å². The first-order chi connectivity index (χ1) is 8.40. The van der Waals surface area contributed by atoms with Gasteiger partial charge in [0, 0.05) is 12.1 Å². The topological polar surface area (TPSA) is 77.8 Å². The largest absolute Gasteiger partial charge is 0.489 e. The van der Waals surface area contributed by atoms with Crippen molar-refractivity contribution in [1.29, 1.82) is 0 Å². The number of benzene rings is 1. The summed E-state index contributed by atoms with van der Waals surface area (Å²) in [5.41, 5.74) is 0.971. The van der Waals surface area contributed by atoms with Gasteiger partial charge in [0.1, 0.15) is 12.4 Å². The van der Waals surface area contributed by atoms with Crippen LogP contribution in [0.1, 0.15) is 5.56 Å². The van der Waals surface area contributed by atoms with Gasteiger partial charge in [-0.25, -0.2) is 0 Å². The van der Waals surface area contributed by atoms with E-state index in [4.69, 9.17) is 4.74 Å². The van der Waals surface area contributed by atoms with Crippen LogP contribution in [0.5, 0.6) is 5.75 Å². The van der Waals surface area contributed by atoms with Crippen LogP contribution < -0.4 is 4.74 Å². The minimum atomic E-state index is 0.337. The monoisotopic (exact) mass is 230 g/mol. The highest BCUT2D eigenvalue weighted by molar-refractivity contribution is 5.39. The lowest BCUT2D eigenvalue weighted by Crippen LogP contribution is -1.96. The molecule has 0 aliphatic rings. The van der Waals surface area contributed by atoms with Crippen LogP contribution in [0.4, 0.5) is 5.95 Å². The number of tetrazole rings is 1. The van der Waals surface area contributed by atoms with Gasteiger partial charge in [-0.05, 0) is 6.07 Å². The lowest BCUT2D eigenvalue weighted by atomic mass is 10.2. The average molecular weight is 230 g/mol. The number of nitrogens with one attached hydrogen (secondary N) is 1. The van der Waals surface area contributed by atoms with E-state index in [0.29, 0.717) is 19.1 Å². The lowest BCUT2D eigenvalue weighted by Gasteiger charge is -2.12. The van der Waals surface area contributed by atoms with Crippen molar-refractivity contribution in [2.75, 3.05) is 6.61 Å². The highest BCUT2D eigenvalue weighted by Crippen LogP contribution is 2.22. The predicted molar refractivity (Wildman–Crippen MR) is 63.0 cm³/mol. The molecule has 6 nitrogen and oxygen atoms in total. The molecule has 1 aromatic heterocycles. The van der Waals surface area contributed by atoms with Crippen LogP contribution in [0.3, 0.4) is 0 Å². The molecule has 6 heteroatoms. The fourth-order valence-electron chi connectivity index (χ4n) is 1.30. The number of aromatic amines is 1. The molecular weight excluding hydrogens is 218 g/mol. The Hall–Kier alpha value is -2.37. The number of aromatic nitrogens is 4. The van der Waals surface area contributed by atoms with E-state index >= 15 is 0 Å². The van der Waals surface area contributed by atoms with Crippen molar-refractivity contribution in [3.63, 3.8) is 0 Å². The lowest BCUT2D eigenvalue weighted by molar-refractivity contribution is 0.360. The molecule has 2 rings (SSSR count). The Balaban J connectivity index is 2.01. The minimum absolute atomic E-state index is 0.337. The molecule has 0 spiro atoms. The maximum Gasteiger partial charge on any atom is 0.123 e. The molecule has 0 amide bonds. The molecule has 1 N–H and O–H groups in total. The van der Waals surface area contributed by atoms with Crippen LogP contribution in [0, 0.1) is 0 Å². The van der Waals surface area contributed by atoms with E-state index in [2.05, 4.69) is 32.5 Å². The zero-order chi connectivity index (χ0) is 11.9.